The number of aromatic nitrogens is 1. The van der Waals surface area contributed by atoms with Crippen LogP contribution in [0, 0.1) is 18.2 Å². The van der Waals surface area contributed by atoms with Crippen LogP contribution in [0.4, 0.5) is 14.5 Å². The Balaban J connectivity index is 1.22. The molecule has 9 heteroatoms. The molecular formula is C34H31F2N3O4. The Morgan fingerprint density at radius 2 is 1.72 bits per heavy atom. The molecule has 4 aromatic rings. The van der Waals surface area contributed by atoms with Crippen molar-refractivity contribution in [2.24, 2.45) is 0 Å². The number of pyridine rings is 1. The summed E-state index contributed by atoms with van der Waals surface area (Å²) in [5.41, 5.74) is 1.70. The van der Waals surface area contributed by atoms with E-state index in [2.05, 4.69) is 9.83 Å². The number of likely N-dealkylation sites (tertiary alicyclic amines) is 1. The van der Waals surface area contributed by atoms with Crippen molar-refractivity contribution in [3.05, 3.63) is 101 Å². The van der Waals surface area contributed by atoms with E-state index in [4.69, 9.17) is 16.0 Å². The number of carbonyl (C=O) groups is 2. The average Bonchev–Trinajstić information content (AvgIpc) is 3.02. The zero-order valence-electron chi connectivity index (χ0n) is 23.7. The summed E-state index contributed by atoms with van der Waals surface area (Å²) in [6.45, 7) is 9.58. The van der Waals surface area contributed by atoms with E-state index in [9.17, 15) is 18.4 Å². The highest BCUT2D eigenvalue weighted by Crippen LogP contribution is 2.37. The summed E-state index contributed by atoms with van der Waals surface area (Å²) in [6.07, 6.45) is 5.73. The first-order valence-electron chi connectivity index (χ1n) is 14.3. The first-order chi connectivity index (χ1) is 20.9. The number of benzene rings is 3. The molecule has 1 saturated heterocycles. The van der Waals surface area contributed by atoms with Crippen molar-refractivity contribution in [1.82, 2.24) is 9.88 Å². The topological polar surface area (TPSA) is 73.1 Å². The second kappa shape index (κ2) is 13.9. The lowest BCUT2D eigenvalue weighted by Crippen LogP contribution is -2.35. The van der Waals surface area contributed by atoms with Gasteiger partial charge in [-0.3, -0.25) is 14.6 Å². The van der Waals surface area contributed by atoms with Gasteiger partial charge in [0.2, 0.25) is 11.6 Å². The molecule has 1 amide bonds. The summed E-state index contributed by atoms with van der Waals surface area (Å²) in [4.78, 5) is 34.8. The van der Waals surface area contributed by atoms with Crippen LogP contribution in [-0.4, -0.2) is 41.3 Å². The molecular weight excluding hydrogens is 552 g/mol. The van der Waals surface area contributed by atoms with Gasteiger partial charge in [0.05, 0.1) is 18.7 Å². The molecule has 1 fully saturated rings. The van der Waals surface area contributed by atoms with E-state index in [1.54, 1.807) is 30.5 Å². The monoisotopic (exact) mass is 583 g/mol. The van der Waals surface area contributed by atoms with E-state index >= 15 is 0 Å². The van der Waals surface area contributed by atoms with Crippen molar-refractivity contribution in [3.8, 4) is 17.2 Å². The molecule has 0 atom stereocenters. The molecule has 0 aliphatic carbocycles. The van der Waals surface area contributed by atoms with Crippen LogP contribution in [0.1, 0.15) is 43.2 Å². The van der Waals surface area contributed by atoms with Crippen LogP contribution >= 0.6 is 0 Å². The fourth-order valence-corrected chi connectivity index (χ4v) is 5.10. The lowest BCUT2D eigenvalue weighted by molar-refractivity contribution is -0.132. The van der Waals surface area contributed by atoms with Gasteiger partial charge < -0.3 is 14.4 Å². The van der Waals surface area contributed by atoms with E-state index in [1.165, 1.54) is 42.8 Å². The van der Waals surface area contributed by atoms with Crippen LogP contribution in [0.25, 0.3) is 15.7 Å². The lowest BCUT2D eigenvalue weighted by Gasteiger charge is -2.26. The van der Waals surface area contributed by atoms with Gasteiger partial charge in [-0.25, -0.2) is 13.6 Å². The summed E-state index contributed by atoms with van der Waals surface area (Å²) in [5.74, 6) is -0.0466. The maximum atomic E-state index is 14.9. The largest absolute Gasteiger partial charge is 0.505 e. The van der Waals surface area contributed by atoms with Crippen molar-refractivity contribution >= 4 is 28.3 Å². The standard InChI is InChI=1S/C34H31F2N3O4/c1-37-31-21-28-30(22-33(31)42-17-5-6-34(41)39-15-3-2-4-16-39)38-14-13-32(28)43-27-12-9-24(29(36)20-27)19-26(40)18-23-7-10-25(35)11-8-23/h7-14,20-22H,2-6,15-19H2. The first-order valence-corrected chi connectivity index (χ1v) is 14.3. The molecule has 2 heterocycles. The Labute approximate surface area is 248 Å². The molecule has 1 aromatic heterocycles. The molecule has 0 radical (unpaired) electrons. The van der Waals surface area contributed by atoms with Crippen molar-refractivity contribution in [2.45, 2.75) is 44.9 Å². The predicted molar refractivity (Wildman–Crippen MR) is 158 cm³/mol. The number of nitrogens with zero attached hydrogens (tertiary/aromatic N) is 3. The quantitative estimate of drug-likeness (QED) is 0.136. The fraction of sp³-hybridized carbons (Fsp3) is 0.294. The molecule has 0 spiro atoms. The van der Waals surface area contributed by atoms with Gasteiger partial charge in [0.15, 0.2) is 0 Å². The van der Waals surface area contributed by atoms with Crippen molar-refractivity contribution in [3.63, 3.8) is 0 Å². The molecule has 0 bridgehead atoms. The van der Waals surface area contributed by atoms with E-state index in [0.717, 1.165) is 25.9 Å². The zero-order valence-corrected chi connectivity index (χ0v) is 23.7. The third-order valence-electron chi connectivity index (χ3n) is 7.36. The number of fused-ring (bicyclic) bond motifs is 1. The number of ether oxygens (including phenoxy) is 2. The van der Waals surface area contributed by atoms with Crippen LogP contribution in [0.15, 0.2) is 66.9 Å². The zero-order chi connectivity index (χ0) is 30.2. The number of rotatable bonds is 11. The number of ketones is 1. The molecule has 1 aliphatic heterocycles. The molecule has 5 rings (SSSR count). The molecule has 0 N–H and O–H groups in total. The van der Waals surface area contributed by atoms with Crippen LogP contribution in [-0.2, 0) is 22.4 Å². The van der Waals surface area contributed by atoms with Crippen LogP contribution in [0.3, 0.4) is 0 Å². The van der Waals surface area contributed by atoms with E-state index < -0.39 is 5.82 Å². The normalized spacial score (nSPS) is 13.0. The number of hydrogen-bond acceptors (Lipinski definition) is 5. The Hall–Kier alpha value is -4.84. The summed E-state index contributed by atoms with van der Waals surface area (Å²) in [7, 11) is 0. The van der Waals surface area contributed by atoms with Crippen molar-refractivity contribution < 1.29 is 27.8 Å². The highest BCUT2D eigenvalue weighted by atomic mass is 19.1. The van der Waals surface area contributed by atoms with E-state index in [0.29, 0.717) is 47.4 Å². The highest BCUT2D eigenvalue weighted by molar-refractivity contribution is 5.91. The molecule has 7 nitrogen and oxygen atoms in total. The molecule has 43 heavy (non-hydrogen) atoms. The number of Topliss-reactive ketones (excluding diaryl/α,β-unsaturated/α-hetero) is 1. The Morgan fingerprint density at radius 1 is 0.930 bits per heavy atom. The SMILES string of the molecule is [C-]#[N+]c1cc2c(Oc3ccc(CC(=O)Cc4ccc(F)cc4)c(F)c3)ccnc2cc1OCCCC(=O)N1CCCCC1. The smallest absolute Gasteiger partial charge is 0.229 e. The lowest BCUT2D eigenvalue weighted by atomic mass is 10.0. The molecule has 3 aromatic carbocycles. The number of hydrogen-bond donors (Lipinski definition) is 0. The average molecular weight is 584 g/mol. The minimum atomic E-state index is -0.584. The third kappa shape index (κ3) is 7.72. The number of halogens is 2. The van der Waals surface area contributed by atoms with Crippen LogP contribution < -0.4 is 9.47 Å². The van der Waals surface area contributed by atoms with Crippen molar-refractivity contribution in [2.75, 3.05) is 19.7 Å². The fourth-order valence-electron chi connectivity index (χ4n) is 5.10. The van der Waals surface area contributed by atoms with Gasteiger partial charge in [0.25, 0.3) is 0 Å². The molecule has 1 aliphatic rings. The maximum absolute atomic E-state index is 14.9. The second-order valence-electron chi connectivity index (χ2n) is 10.5. The summed E-state index contributed by atoms with van der Waals surface area (Å²) in [6, 6.07) is 14.9. The van der Waals surface area contributed by atoms with Gasteiger partial charge in [0.1, 0.15) is 34.7 Å². The van der Waals surface area contributed by atoms with E-state index in [1.807, 2.05) is 4.90 Å². The second-order valence-corrected chi connectivity index (χ2v) is 10.5. The van der Waals surface area contributed by atoms with Gasteiger partial charge in [-0.1, -0.05) is 18.2 Å². The first kappa shape index (κ1) is 29.6. The summed E-state index contributed by atoms with van der Waals surface area (Å²) in [5, 5.41) is 0.556. The Morgan fingerprint density at radius 3 is 2.47 bits per heavy atom. The van der Waals surface area contributed by atoms with Gasteiger partial charge in [-0.2, -0.15) is 0 Å². The maximum Gasteiger partial charge on any atom is 0.229 e. The van der Waals surface area contributed by atoms with Crippen LogP contribution in [0.2, 0.25) is 0 Å². The Bertz CT molecular complexity index is 1660. The van der Waals surface area contributed by atoms with Gasteiger partial charge in [-0.05, 0) is 73.2 Å². The number of piperidine rings is 1. The minimum Gasteiger partial charge on any atom is -0.505 e. The molecule has 0 unspecified atom stereocenters. The van der Waals surface area contributed by atoms with Gasteiger partial charge in [-0.15, -0.1) is 0 Å². The predicted octanol–water partition coefficient (Wildman–Crippen LogP) is 7.38. The summed E-state index contributed by atoms with van der Waals surface area (Å²) >= 11 is 0. The van der Waals surface area contributed by atoms with Gasteiger partial charge in [0, 0.05) is 50.0 Å². The molecule has 0 saturated carbocycles. The van der Waals surface area contributed by atoms with Crippen LogP contribution in [0.5, 0.6) is 17.2 Å². The minimum absolute atomic E-state index is 0.0762. The number of amides is 1. The van der Waals surface area contributed by atoms with Gasteiger partial charge >= 0.3 is 0 Å². The van der Waals surface area contributed by atoms with Crippen molar-refractivity contribution in [1.29, 1.82) is 0 Å². The number of carbonyl (C=O) groups excluding carboxylic acids is 2. The molecule has 220 valence electrons. The Kier molecular flexibility index (Phi) is 9.57. The highest BCUT2D eigenvalue weighted by Gasteiger charge is 2.17. The third-order valence-corrected chi connectivity index (χ3v) is 7.36. The summed E-state index contributed by atoms with van der Waals surface area (Å²) < 4.78 is 39.9. The van der Waals surface area contributed by atoms with E-state index in [-0.39, 0.29) is 47.3 Å².